The number of rotatable bonds is 6. The molecule has 0 spiro atoms. The molecule has 0 bridgehead atoms. The number of aryl methyl sites for hydroxylation is 1. The lowest BCUT2D eigenvalue weighted by molar-refractivity contribution is -0.153. The summed E-state index contributed by atoms with van der Waals surface area (Å²) >= 11 is 0. The Morgan fingerprint density at radius 1 is 1.20 bits per heavy atom. The van der Waals surface area contributed by atoms with Crippen molar-refractivity contribution in [3.8, 4) is 0 Å². The molecule has 0 unspecified atom stereocenters. The minimum Gasteiger partial charge on any atom is -0.462 e. The van der Waals surface area contributed by atoms with Gasteiger partial charge in [0.2, 0.25) is 10.0 Å². The Balaban J connectivity index is 1.83. The van der Waals surface area contributed by atoms with Gasteiger partial charge in [-0.3, -0.25) is 14.4 Å². The molecule has 2 atom stereocenters. The molecule has 0 N–H and O–H groups in total. The number of sulfonamides is 1. The van der Waals surface area contributed by atoms with Crippen molar-refractivity contribution >= 4 is 27.7 Å². The molecular formula is C21H23NO7S. The van der Waals surface area contributed by atoms with E-state index in [-0.39, 0.29) is 30.4 Å². The van der Waals surface area contributed by atoms with Crippen molar-refractivity contribution in [2.45, 2.75) is 31.8 Å². The molecule has 0 radical (unpaired) electrons. The Morgan fingerprint density at radius 2 is 1.87 bits per heavy atom. The fourth-order valence-corrected chi connectivity index (χ4v) is 4.98. The third-order valence-corrected chi connectivity index (χ3v) is 6.79. The van der Waals surface area contributed by atoms with E-state index < -0.39 is 34.0 Å². The van der Waals surface area contributed by atoms with E-state index in [4.69, 9.17) is 9.47 Å². The monoisotopic (exact) mass is 433 g/mol. The first-order valence-corrected chi connectivity index (χ1v) is 10.9. The van der Waals surface area contributed by atoms with Gasteiger partial charge in [-0.2, -0.15) is 4.31 Å². The van der Waals surface area contributed by atoms with Crippen molar-refractivity contribution in [3.63, 3.8) is 0 Å². The number of fused-ring (bicyclic) bond motifs is 1. The van der Waals surface area contributed by atoms with Crippen LogP contribution in [0.4, 0.5) is 0 Å². The summed E-state index contributed by atoms with van der Waals surface area (Å²) in [5.74, 6) is -1.81. The number of ether oxygens (including phenoxy) is 2. The molecule has 0 amide bonds. The van der Waals surface area contributed by atoms with Gasteiger partial charge in [0.05, 0.1) is 4.90 Å². The second-order valence-electron chi connectivity index (χ2n) is 7.32. The molecular weight excluding hydrogens is 410 g/mol. The summed E-state index contributed by atoms with van der Waals surface area (Å²) in [5.41, 5.74) is 1.98. The molecule has 9 heteroatoms. The zero-order valence-corrected chi connectivity index (χ0v) is 17.8. The van der Waals surface area contributed by atoms with Crippen molar-refractivity contribution in [2.75, 3.05) is 19.7 Å². The van der Waals surface area contributed by atoms with Crippen LogP contribution in [0.15, 0.2) is 52.5 Å². The van der Waals surface area contributed by atoms with Crippen molar-refractivity contribution in [2.24, 2.45) is 5.92 Å². The van der Waals surface area contributed by atoms with E-state index in [2.05, 4.69) is 0 Å². The quantitative estimate of drug-likeness (QED) is 0.495. The summed E-state index contributed by atoms with van der Waals surface area (Å²) in [6.07, 6.45) is 1.95. The maximum Gasteiger partial charge on any atom is 0.303 e. The molecule has 3 rings (SSSR count). The molecule has 30 heavy (non-hydrogen) atoms. The molecule has 1 aromatic rings. The van der Waals surface area contributed by atoms with E-state index in [1.807, 2.05) is 6.92 Å². The smallest absolute Gasteiger partial charge is 0.303 e. The summed E-state index contributed by atoms with van der Waals surface area (Å²) < 4.78 is 37.3. The largest absolute Gasteiger partial charge is 0.462 e. The van der Waals surface area contributed by atoms with E-state index >= 15 is 0 Å². The normalized spacial score (nSPS) is 21.3. The second kappa shape index (κ2) is 8.53. The topological polar surface area (TPSA) is 107 Å². The third-order valence-electron chi connectivity index (χ3n) is 4.96. The maximum atomic E-state index is 13.0. The van der Waals surface area contributed by atoms with Crippen LogP contribution >= 0.6 is 0 Å². The molecule has 0 saturated carbocycles. The van der Waals surface area contributed by atoms with Gasteiger partial charge in [-0.1, -0.05) is 17.7 Å². The minimum absolute atomic E-state index is 0.111. The van der Waals surface area contributed by atoms with Gasteiger partial charge in [0.1, 0.15) is 6.61 Å². The molecule has 1 aromatic carbocycles. The van der Waals surface area contributed by atoms with Gasteiger partial charge in [0.15, 0.2) is 11.9 Å². The van der Waals surface area contributed by atoms with E-state index in [1.165, 1.54) is 30.3 Å². The van der Waals surface area contributed by atoms with Crippen molar-refractivity contribution < 1.29 is 32.3 Å². The lowest BCUT2D eigenvalue weighted by Crippen LogP contribution is -2.30. The number of allylic oxidation sites excluding steroid dienone is 1. The van der Waals surface area contributed by atoms with Crippen LogP contribution in [0, 0.1) is 12.8 Å². The van der Waals surface area contributed by atoms with Crippen molar-refractivity contribution in [3.05, 3.63) is 53.1 Å². The lowest BCUT2D eigenvalue weighted by atomic mass is 9.98. The Bertz CT molecular complexity index is 1040. The van der Waals surface area contributed by atoms with Gasteiger partial charge in [0, 0.05) is 38.4 Å². The predicted molar refractivity (Wildman–Crippen MR) is 107 cm³/mol. The third kappa shape index (κ3) is 4.68. The van der Waals surface area contributed by atoms with Crippen LogP contribution in [0.3, 0.4) is 0 Å². The lowest BCUT2D eigenvalue weighted by Gasteiger charge is -2.18. The molecule has 160 valence electrons. The zero-order valence-electron chi connectivity index (χ0n) is 17.0. The van der Waals surface area contributed by atoms with Crippen LogP contribution in [-0.4, -0.2) is 56.2 Å². The fourth-order valence-electron chi connectivity index (χ4n) is 3.54. The number of hydrogen-bond donors (Lipinski definition) is 0. The van der Waals surface area contributed by atoms with Crippen molar-refractivity contribution in [1.29, 1.82) is 0 Å². The SMILES string of the molecule is CC(=O)OC[C@H](/C=C1/C(=O)C=C2CN(S(=O)(=O)c3ccc(C)cc3)C[C@@H]21)OC(C)=O. The molecule has 1 aliphatic heterocycles. The molecule has 1 fully saturated rings. The second-order valence-corrected chi connectivity index (χ2v) is 9.26. The number of benzene rings is 1. The Morgan fingerprint density at radius 3 is 2.47 bits per heavy atom. The number of esters is 2. The zero-order chi connectivity index (χ0) is 22.1. The van der Waals surface area contributed by atoms with Gasteiger partial charge in [0.25, 0.3) is 0 Å². The van der Waals surface area contributed by atoms with Crippen LogP contribution in [0.1, 0.15) is 19.4 Å². The molecule has 0 aromatic heterocycles. The summed E-state index contributed by atoms with van der Waals surface area (Å²) in [6.45, 7) is 4.32. The fraction of sp³-hybridized carbons (Fsp3) is 0.381. The minimum atomic E-state index is -3.71. The summed E-state index contributed by atoms with van der Waals surface area (Å²) in [5, 5.41) is 0. The van der Waals surface area contributed by atoms with Crippen LogP contribution < -0.4 is 0 Å². The highest BCUT2D eigenvalue weighted by Crippen LogP contribution is 2.38. The van der Waals surface area contributed by atoms with Gasteiger partial charge in [-0.25, -0.2) is 8.42 Å². The highest BCUT2D eigenvalue weighted by Gasteiger charge is 2.42. The van der Waals surface area contributed by atoms with Crippen molar-refractivity contribution in [1.82, 2.24) is 4.31 Å². The Kier molecular flexibility index (Phi) is 6.23. The first kappa shape index (κ1) is 21.9. The first-order valence-electron chi connectivity index (χ1n) is 9.42. The van der Waals surface area contributed by atoms with Gasteiger partial charge < -0.3 is 9.47 Å². The van der Waals surface area contributed by atoms with Crippen LogP contribution in [0.25, 0.3) is 0 Å². The van der Waals surface area contributed by atoms with E-state index in [0.29, 0.717) is 11.1 Å². The van der Waals surface area contributed by atoms with Gasteiger partial charge in [-0.15, -0.1) is 0 Å². The number of nitrogens with zero attached hydrogens (tertiary/aromatic N) is 1. The average molecular weight is 433 g/mol. The van der Waals surface area contributed by atoms with Gasteiger partial charge in [-0.05, 0) is 36.8 Å². The number of carbonyl (C=O) groups excluding carboxylic acids is 3. The number of hydrogen-bond acceptors (Lipinski definition) is 7. The number of carbonyl (C=O) groups is 3. The predicted octanol–water partition coefficient (Wildman–Crippen LogP) is 1.55. The van der Waals surface area contributed by atoms with Crippen LogP contribution in [0.5, 0.6) is 0 Å². The van der Waals surface area contributed by atoms with Crippen LogP contribution in [0.2, 0.25) is 0 Å². The van der Waals surface area contributed by atoms with E-state index in [9.17, 15) is 22.8 Å². The average Bonchev–Trinajstić information content (AvgIpc) is 3.19. The molecule has 8 nitrogen and oxygen atoms in total. The van der Waals surface area contributed by atoms with E-state index in [1.54, 1.807) is 24.3 Å². The summed E-state index contributed by atoms with van der Waals surface area (Å²) in [4.78, 5) is 35.1. The molecule has 1 heterocycles. The maximum absolute atomic E-state index is 13.0. The van der Waals surface area contributed by atoms with Crippen LogP contribution in [-0.2, 0) is 33.9 Å². The molecule has 1 aliphatic carbocycles. The molecule has 1 saturated heterocycles. The standard InChI is InChI=1S/C21H23NO7S/c1-13-4-6-18(7-5-13)30(26,27)22-10-16-8-21(25)19(20(16)11-22)9-17(29-15(3)24)12-28-14(2)23/h4-9,17,20H,10-12H2,1-3H3/b19-9+/t17-,20-/m0/s1. The Hall–Kier alpha value is -2.78. The highest BCUT2D eigenvalue weighted by molar-refractivity contribution is 7.89. The van der Waals surface area contributed by atoms with E-state index in [0.717, 1.165) is 5.56 Å². The highest BCUT2D eigenvalue weighted by atomic mass is 32.2. The first-order chi connectivity index (χ1) is 14.1. The molecule has 2 aliphatic rings. The number of ketones is 1. The van der Waals surface area contributed by atoms with Gasteiger partial charge >= 0.3 is 11.9 Å². The Labute approximate surface area is 175 Å². The summed E-state index contributed by atoms with van der Waals surface area (Å²) in [7, 11) is -3.71. The summed E-state index contributed by atoms with van der Waals surface area (Å²) in [6, 6.07) is 6.59.